The molecule has 1 aromatic carbocycles. The molecule has 0 radical (unpaired) electrons. The molecule has 1 saturated heterocycles. The van der Waals surface area contributed by atoms with Crippen molar-refractivity contribution in [1.82, 2.24) is 4.90 Å². The number of hydrogen-bond acceptors (Lipinski definition) is 3. The van der Waals surface area contributed by atoms with Gasteiger partial charge >= 0.3 is 0 Å². The molecular formula is C14H21ClN2S. The molecule has 2 N–H and O–H groups in total. The van der Waals surface area contributed by atoms with Crippen LogP contribution >= 0.6 is 23.4 Å². The van der Waals surface area contributed by atoms with Gasteiger partial charge in [0, 0.05) is 29.4 Å². The van der Waals surface area contributed by atoms with Crippen LogP contribution in [0.4, 0.5) is 0 Å². The van der Waals surface area contributed by atoms with Crippen LogP contribution in [0.1, 0.15) is 18.4 Å². The molecule has 2 nitrogen and oxygen atoms in total. The SMILES string of the molecule is CN(Cc1ccc(Cl)cc1)C1(CN)CCCSC1. The van der Waals surface area contributed by atoms with Gasteiger partial charge in [-0.05, 0) is 43.3 Å². The molecule has 1 unspecified atom stereocenters. The van der Waals surface area contributed by atoms with E-state index in [0.717, 1.165) is 23.9 Å². The number of likely N-dealkylation sites (N-methyl/N-ethyl adjacent to an activating group) is 1. The summed E-state index contributed by atoms with van der Waals surface area (Å²) in [6.45, 7) is 1.68. The second-order valence-corrected chi connectivity index (χ2v) is 6.61. The van der Waals surface area contributed by atoms with E-state index in [-0.39, 0.29) is 5.54 Å². The normalized spacial score (nSPS) is 24.4. The van der Waals surface area contributed by atoms with Crippen LogP contribution in [0, 0.1) is 0 Å². The number of rotatable bonds is 4. The molecule has 4 heteroatoms. The molecule has 1 aliphatic rings. The predicted octanol–water partition coefficient (Wildman–Crippen LogP) is 3.00. The standard InChI is InChI=1S/C14H21ClN2S/c1-17(9-12-3-5-13(15)6-4-12)14(10-16)7-2-8-18-11-14/h3-6H,2,7-11,16H2,1H3. The van der Waals surface area contributed by atoms with Gasteiger partial charge in [0.05, 0.1) is 0 Å². The van der Waals surface area contributed by atoms with Gasteiger partial charge in [0.25, 0.3) is 0 Å². The maximum absolute atomic E-state index is 6.04. The third-order valence-corrected chi connectivity index (χ3v) is 5.40. The van der Waals surface area contributed by atoms with Crippen LogP contribution in [-0.2, 0) is 6.54 Å². The van der Waals surface area contributed by atoms with E-state index in [1.54, 1.807) is 0 Å². The zero-order valence-corrected chi connectivity index (χ0v) is 12.4. The third kappa shape index (κ3) is 3.21. The van der Waals surface area contributed by atoms with Gasteiger partial charge in [-0.15, -0.1) is 0 Å². The van der Waals surface area contributed by atoms with Crippen molar-refractivity contribution in [3.05, 3.63) is 34.9 Å². The number of thioether (sulfide) groups is 1. The topological polar surface area (TPSA) is 29.3 Å². The van der Waals surface area contributed by atoms with E-state index in [1.165, 1.54) is 24.2 Å². The Bertz CT molecular complexity index is 374. The first-order chi connectivity index (χ1) is 8.66. The summed E-state index contributed by atoms with van der Waals surface area (Å²) in [5.41, 5.74) is 7.51. The first-order valence-electron chi connectivity index (χ1n) is 6.40. The average molecular weight is 285 g/mol. The van der Waals surface area contributed by atoms with E-state index in [9.17, 15) is 0 Å². The molecule has 1 aromatic rings. The number of hydrogen-bond donors (Lipinski definition) is 1. The minimum Gasteiger partial charge on any atom is -0.329 e. The molecule has 1 heterocycles. The Hall–Kier alpha value is -0.220. The lowest BCUT2D eigenvalue weighted by Crippen LogP contribution is -2.55. The first-order valence-corrected chi connectivity index (χ1v) is 7.93. The summed E-state index contributed by atoms with van der Waals surface area (Å²) in [5.74, 6) is 2.42. The van der Waals surface area contributed by atoms with E-state index in [0.29, 0.717) is 0 Å². The summed E-state index contributed by atoms with van der Waals surface area (Å²) in [7, 11) is 2.19. The molecule has 1 fully saturated rings. The van der Waals surface area contributed by atoms with E-state index in [1.807, 2.05) is 23.9 Å². The highest BCUT2D eigenvalue weighted by Crippen LogP contribution is 2.31. The van der Waals surface area contributed by atoms with Gasteiger partial charge in [-0.3, -0.25) is 4.90 Å². The van der Waals surface area contributed by atoms with Gasteiger partial charge < -0.3 is 5.73 Å². The highest BCUT2D eigenvalue weighted by molar-refractivity contribution is 7.99. The van der Waals surface area contributed by atoms with Crippen molar-refractivity contribution < 1.29 is 0 Å². The van der Waals surface area contributed by atoms with Crippen molar-refractivity contribution in [2.24, 2.45) is 5.73 Å². The van der Waals surface area contributed by atoms with Crippen molar-refractivity contribution in [1.29, 1.82) is 0 Å². The second kappa shape index (κ2) is 6.29. The summed E-state index contributed by atoms with van der Waals surface area (Å²) < 4.78 is 0. The summed E-state index contributed by atoms with van der Waals surface area (Å²) in [4.78, 5) is 2.42. The lowest BCUT2D eigenvalue weighted by atomic mass is 9.93. The van der Waals surface area contributed by atoms with Gasteiger partial charge in [0.15, 0.2) is 0 Å². The van der Waals surface area contributed by atoms with Crippen LogP contribution < -0.4 is 5.73 Å². The molecule has 0 aromatic heterocycles. The van der Waals surface area contributed by atoms with Gasteiger partial charge in [-0.1, -0.05) is 23.7 Å². The maximum Gasteiger partial charge on any atom is 0.0422 e. The maximum atomic E-state index is 6.04. The Balaban J connectivity index is 2.05. The van der Waals surface area contributed by atoms with Gasteiger partial charge in [0.2, 0.25) is 0 Å². The Morgan fingerprint density at radius 1 is 1.39 bits per heavy atom. The summed E-state index contributed by atoms with van der Waals surface area (Å²) >= 11 is 7.94. The third-order valence-electron chi connectivity index (χ3n) is 3.82. The van der Waals surface area contributed by atoms with E-state index in [4.69, 9.17) is 17.3 Å². The lowest BCUT2D eigenvalue weighted by Gasteiger charge is -2.43. The zero-order chi connectivity index (χ0) is 13.0. The number of benzene rings is 1. The Labute approximate surface area is 119 Å². The van der Waals surface area contributed by atoms with Crippen LogP contribution in [0.3, 0.4) is 0 Å². The largest absolute Gasteiger partial charge is 0.329 e. The fourth-order valence-corrected chi connectivity index (χ4v) is 3.97. The molecule has 100 valence electrons. The quantitative estimate of drug-likeness (QED) is 0.922. The minimum absolute atomic E-state index is 0.169. The van der Waals surface area contributed by atoms with Gasteiger partial charge in [-0.2, -0.15) is 11.8 Å². The smallest absolute Gasteiger partial charge is 0.0422 e. The van der Waals surface area contributed by atoms with Crippen LogP contribution in [0.2, 0.25) is 5.02 Å². The summed E-state index contributed by atoms with van der Waals surface area (Å²) in [6.07, 6.45) is 2.48. The first kappa shape index (κ1) is 14.2. The molecule has 0 saturated carbocycles. The summed E-state index contributed by atoms with van der Waals surface area (Å²) in [6, 6.07) is 8.10. The highest BCUT2D eigenvalue weighted by Gasteiger charge is 2.34. The van der Waals surface area contributed by atoms with E-state index < -0.39 is 0 Å². The molecular weight excluding hydrogens is 264 g/mol. The Morgan fingerprint density at radius 2 is 2.11 bits per heavy atom. The van der Waals surface area contributed by atoms with Crippen molar-refractivity contribution in [2.45, 2.75) is 24.9 Å². The monoisotopic (exact) mass is 284 g/mol. The van der Waals surface area contributed by atoms with Crippen molar-refractivity contribution >= 4 is 23.4 Å². The fraction of sp³-hybridized carbons (Fsp3) is 0.571. The van der Waals surface area contributed by atoms with Crippen LogP contribution in [0.5, 0.6) is 0 Å². The van der Waals surface area contributed by atoms with E-state index in [2.05, 4.69) is 24.1 Å². The van der Waals surface area contributed by atoms with Crippen molar-refractivity contribution in [2.75, 3.05) is 25.1 Å². The molecule has 1 aliphatic heterocycles. The summed E-state index contributed by atoms with van der Waals surface area (Å²) in [5, 5.41) is 0.795. The van der Waals surface area contributed by atoms with Gasteiger partial charge in [-0.25, -0.2) is 0 Å². The van der Waals surface area contributed by atoms with E-state index >= 15 is 0 Å². The van der Waals surface area contributed by atoms with Crippen molar-refractivity contribution in [3.8, 4) is 0 Å². The molecule has 0 aliphatic carbocycles. The molecule has 2 rings (SSSR count). The molecule has 0 bridgehead atoms. The van der Waals surface area contributed by atoms with Gasteiger partial charge in [0.1, 0.15) is 0 Å². The molecule has 1 atom stereocenters. The number of nitrogens with zero attached hydrogens (tertiary/aromatic N) is 1. The minimum atomic E-state index is 0.169. The lowest BCUT2D eigenvalue weighted by molar-refractivity contribution is 0.127. The average Bonchev–Trinajstić information content (AvgIpc) is 2.42. The number of nitrogens with two attached hydrogens (primary N) is 1. The van der Waals surface area contributed by atoms with Crippen LogP contribution in [-0.4, -0.2) is 35.5 Å². The Kier molecular flexibility index (Phi) is 4.96. The zero-order valence-electron chi connectivity index (χ0n) is 10.9. The Morgan fingerprint density at radius 3 is 2.67 bits per heavy atom. The molecule has 0 amide bonds. The highest BCUT2D eigenvalue weighted by atomic mass is 35.5. The predicted molar refractivity (Wildman–Crippen MR) is 81.3 cm³/mol. The second-order valence-electron chi connectivity index (χ2n) is 5.07. The fourth-order valence-electron chi connectivity index (χ4n) is 2.49. The van der Waals surface area contributed by atoms with Crippen LogP contribution in [0.15, 0.2) is 24.3 Å². The number of halogens is 1. The van der Waals surface area contributed by atoms with Crippen LogP contribution in [0.25, 0.3) is 0 Å². The van der Waals surface area contributed by atoms with Crippen molar-refractivity contribution in [3.63, 3.8) is 0 Å². The molecule has 0 spiro atoms. The molecule has 18 heavy (non-hydrogen) atoms.